The molecule has 1 saturated carbocycles. The Balaban J connectivity index is 2.27. The molecule has 2 rings (SSSR count). The maximum atomic E-state index is 13.0. The van der Waals surface area contributed by atoms with Crippen molar-refractivity contribution in [3.8, 4) is 0 Å². The molecule has 14 heavy (non-hydrogen) atoms. The summed E-state index contributed by atoms with van der Waals surface area (Å²) < 4.78 is 26.0. The van der Waals surface area contributed by atoms with E-state index in [4.69, 9.17) is 5.73 Å². The van der Waals surface area contributed by atoms with Crippen LogP contribution in [0.25, 0.3) is 0 Å². The van der Waals surface area contributed by atoms with E-state index in [0.717, 1.165) is 5.56 Å². The zero-order chi connectivity index (χ0) is 10.4. The molecule has 0 heterocycles. The highest BCUT2D eigenvalue weighted by atomic mass is 19.3. The van der Waals surface area contributed by atoms with Crippen molar-refractivity contribution in [2.75, 3.05) is 0 Å². The molecule has 1 fully saturated rings. The van der Waals surface area contributed by atoms with Gasteiger partial charge in [-0.05, 0) is 18.1 Å². The highest BCUT2D eigenvalue weighted by molar-refractivity contribution is 5.37. The van der Waals surface area contributed by atoms with Crippen molar-refractivity contribution in [1.82, 2.24) is 0 Å². The van der Waals surface area contributed by atoms with Gasteiger partial charge in [-0.3, -0.25) is 0 Å². The van der Waals surface area contributed by atoms with E-state index in [-0.39, 0.29) is 6.42 Å². The van der Waals surface area contributed by atoms with Crippen LogP contribution in [-0.2, 0) is 12.0 Å². The lowest BCUT2D eigenvalue weighted by atomic mass is 9.96. The van der Waals surface area contributed by atoms with Gasteiger partial charge in [0.05, 0.1) is 5.41 Å². The summed E-state index contributed by atoms with van der Waals surface area (Å²) in [5.41, 5.74) is 6.17. The van der Waals surface area contributed by atoms with Gasteiger partial charge in [-0.25, -0.2) is 8.78 Å². The van der Waals surface area contributed by atoms with Crippen molar-refractivity contribution < 1.29 is 8.78 Å². The number of hydrogen-bond acceptors (Lipinski definition) is 1. The quantitative estimate of drug-likeness (QED) is 0.774. The molecule has 76 valence electrons. The van der Waals surface area contributed by atoms with Gasteiger partial charge in [-0.15, -0.1) is 0 Å². The van der Waals surface area contributed by atoms with E-state index >= 15 is 0 Å². The largest absolute Gasteiger partial charge is 0.326 e. The molecule has 1 unspecified atom stereocenters. The smallest absolute Gasteiger partial charge is 0.258 e. The van der Waals surface area contributed by atoms with Gasteiger partial charge < -0.3 is 5.73 Å². The Morgan fingerprint density at radius 2 is 1.79 bits per heavy atom. The van der Waals surface area contributed by atoms with Crippen LogP contribution in [0.4, 0.5) is 8.78 Å². The van der Waals surface area contributed by atoms with Gasteiger partial charge in [0.1, 0.15) is 0 Å². The Bertz CT molecular complexity index is 345. The first-order valence-corrected chi connectivity index (χ1v) is 4.67. The van der Waals surface area contributed by atoms with Crippen LogP contribution in [0.3, 0.4) is 0 Å². The fourth-order valence-electron chi connectivity index (χ4n) is 1.72. The van der Waals surface area contributed by atoms with Crippen molar-refractivity contribution in [3.05, 3.63) is 35.4 Å². The summed E-state index contributed by atoms with van der Waals surface area (Å²) in [6, 6.07) is 7.14. The van der Waals surface area contributed by atoms with Crippen LogP contribution in [0.2, 0.25) is 0 Å². The van der Waals surface area contributed by atoms with Gasteiger partial charge in [0, 0.05) is 13.0 Å². The predicted molar refractivity (Wildman–Crippen MR) is 51.2 cm³/mol. The summed E-state index contributed by atoms with van der Waals surface area (Å²) in [6.07, 6.45) is -0.0397. The van der Waals surface area contributed by atoms with Crippen molar-refractivity contribution >= 4 is 0 Å². The molecule has 3 heteroatoms. The van der Waals surface area contributed by atoms with E-state index < -0.39 is 11.3 Å². The molecule has 0 spiro atoms. The fraction of sp³-hybridized carbons (Fsp3) is 0.455. The topological polar surface area (TPSA) is 26.0 Å². The van der Waals surface area contributed by atoms with E-state index in [2.05, 4.69) is 0 Å². The molecule has 0 aromatic heterocycles. The van der Waals surface area contributed by atoms with Crippen LogP contribution in [0, 0.1) is 0 Å². The molecule has 0 aliphatic heterocycles. The van der Waals surface area contributed by atoms with E-state index in [1.807, 2.05) is 12.1 Å². The minimum atomic E-state index is -2.53. The van der Waals surface area contributed by atoms with Crippen LogP contribution in [0.15, 0.2) is 24.3 Å². The summed E-state index contributed by atoms with van der Waals surface area (Å²) in [4.78, 5) is 0. The maximum absolute atomic E-state index is 13.0. The summed E-state index contributed by atoms with van der Waals surface area (Å²) in [5.74, 6) is -2.53. The van der Waals surface area contributed by atoms with Crippen molar-refractivity contribution in [2.45, 2.75) is 31.2 Å². The number of rotatable bonds is 2. The lowest BCUT2D eigenvalue weighted by Gasteiger charge is -2.10. The molecule has 0 radical (unpaired) electrons. The molecule has 1 aliphatic rings. The Kier molecular flexibility index (Phi) is 1.89. The number of nitrogens with two attached hydrogens (primary N) is 1. The first-order valence-electron chi connectivity index (χ1n) is 4.67. The zero-order valence-electron chi connectivity index (χ0n) is 8.06. The van der Waals surface area contributed by atoms with E-state index in [1.165, 1.54) is 0 Å². The Labute approximate surface area is 81.9 Å². The van der Waals surface area contributed by atoms with E-state index in [0.29, 0.717) is 12.1 Å². The summed E-state index contributed by atoms with van der Waals surface area (Å²) in [7, 11) is 0. The van der Waals surface area contributed by atoms with Crippen LogP contribution in [0.5, 0.6) is 0 Å². The second kappa shape index (κ2) is 2.76. The van der Waals surface area contributed by atoms with Gasteiger partial charge in [0.15, 0.2) is 0 Å². The summed E-state index contributed by atoms with van der Waals surface area (Å²) >= 11 is 0. The SMILES string of the molecule is CC1(c2ccc(CN)cc2)CC1(F)F. The first-order chi connectivity index (χ1) is 6.49. The molecular formula is C11H13F2N. The lowest BCUT2D eigenvalue weighted by molar-refractivity contribution is 0.0920. The van der Waals surface area contributed by atoms with Crippen molar-refractivity contribution in [3.63, 3.8) is 0 Å². The molecule has 0 amide bonds. The number of halogens is 2. The Morgan fingerprint density at radius 3 is 2.14 bits per heavy atom. The average Bonchev–Trinajstić information content (AvgIpc) is 2.68. The van der Waals surface area contributed by atoms with Gasteiger partial charge >= 0.3 is 0 Å². The van der Waals surface area contributed by atoms with E-state index in [9.17, 15) is 8.78 Å². The second-order valence-corrected chi connectivity index (χ2v) is 4.11. The van der Waals surface area contributed by atoms with Crippen LogP contribution in [-0.4, -0.2) is 5.92 Å². The third-order valence-corrected chi connectivity index (χ3v) is 3.08. The molecule has 1 atom stereocenters. The van der Waals surface area contributed by atoms with Crippen molar-refractivity contribution in [2.24, 2.45) is 5.73 Å². The molecular weight excluding hydrogens is 184 g/mol. The molecule has 2 N–H and O–H groups in total. The van der Waals surface area contributed by atoms with E-state index in [1.54, 1.807) is 19.1 Å². The maximum Gasteiger partial charge on any atom is 0.258 e. The van der Waals surface area contributed by atoms with Crippen LogP contribution < -0.4 is 5.73 Å². The molecule has 1 aromatic carbocycles. The second-order valence-electron chi connectivity index (χ2n) is 4.11. The highest BCUT2D eigenvalue weighted by Crippen LogP contribution is 2.61. The lowest BCUT2D eigenvalue weighted by Crippen LogP contribution is -2.11. The van der Waals surface area contributed by atoms with Gasteiger partial charge in [0.25, 0.3) is 5.92 Å². The van der Waals surface area contributed by atoms with Gasteiger partial charge in [-0.1, -0.05) is 24.3 Å². The summed E-state index contributed by atoms with van der Waals surface area (Å²) in [6.45, 7) is 2.05. The Hall–Kier alpha value is -0.960. The third kappa shape index (κ3) is 1.23. The molecule has 1 nitrogen and oxygen atoms in total. The minimum Gasteiger partial charge on any atom is -0.326 e. The fourth-order valence-corrected chi connectivity index (χ4v) is 1.72. The highest BCUT2D eigenvalue weighted by Gasteiger charge is 2.68. The molecule has 1 aromatic rings. The van der Waals surface area contributed by atoms with Gasteiger partial charge in [0.2, 0.25) is 0 Å². The van der Waals surface area contributed by atoms with Crippen molar-refractivity contribution in [1.29, 1.82) is 0 Å². The number of hydrogen-bond donors (Lipinski definition) is 1. The molecule has 0 bridgehead atoms. The Morgan fingerprint density at radius 1 is 1.29 bits per heavy atom. The normalized spacial score (nSPS) is 28.9. The molecule has 0 saturated heterocycles. The average molecular weight is 197 g/mol. The minimum absolute atomic E-state index is 0.0397. The third-order valence-electron chi connectivity index (χ3n) is 3.08. The molecule has 1 aliphatic carbocycles. The number of alkyl halides is 2. The van der Waals surface area contributed by atoms with Gasteiger partial charge in [-0.2, -0.15) is 0 Å². The van der Waals surface area contributed by atoms with Crippen LogP contribution in [0.1, 0.15) is 24.5 Å². The predicted octanol–water partition coefficient (Wildman–Crippen LogP) is 2.44. The first kappa shape index (κ1) is 9.59. The van der Waals surface area contributed by atoms with Crippen LogP contribution >= 0.6 is 0 Å². The standard InChI is InChI=1S/C11H13F2N/c1-10(7-11(10,12)13)9-4-2-8(6-14)3-5-9/h2-5H,6-7,14H2,1H3. The zero-order valence-corrected chi connectivity index (χ0v) is 8.06. The number of benzene rings is 1. The summed E-state index contributed by atoms with van der Waals surface area (Å²) in [5, 5.41) is 0. The monoisotopic (exact) mass is 197 g/mol.